The van der Waals surface area contributed by atoms with Gasteiger partial charge in [-0.3, -0.25) is 9.59 Å². The van der Waals surface area contributed by atoms with Crippen LogP contribution >= 0.6 is 11.8 Å². The average Bonchev–Trinajstić information content (AvgIpc) is 2.87. The number of carbonyl (C=O) groups is 3. The van der Waals surface area contributed by atoms with Gasteiger partial charge in [-0.05, 0) is 19.4 Å². The summed E-state index contributed by atoms with van der Waals surface area (Å²) < 4.78 is 10.2. The van der Waals surface area contributed by atoms with Crippen LogP contribution in [0.15, 0.2) is 30.3 Å². The first-order chi connectivity index (χ1) is 12.2. The Hall–Kier alpha value is -2.06. The van der Waals surface area contributed by atoms with Crippen LogP contribution in [-0.4, -0.2) is 51.7 Å². The Balaban J connectivity index is 1.77. The van der Waals surface area contributed by atoms with Crippen molar-refractivity contribution in [1.29, 1.82) is 0 Å². The normalized spacial score (nSPS) is 28.9. The molecule has 2 saturated heterocycles. The zero-order valence-corrected chi connectivity index (χ0v) is 16.0. The lowest BCUT2D eigenvalue weighted by Gasteiger charge is -2.51. The molecular formula is C18H22N2O5S. The molecular weight excluding hydrogens is 356 g/mol. The highest BCUT2D eigenvalue weighted by Gasteiger charge is 2.73. The van der Waals surface area contributed by atoms with Crippen LogP contribution in [0.25, 0.3) is 0 Å². The number of carbonyl (C=O) groups excluding carboxylic acids is 3. The van der Waals surface area contributed by atoms with Gasteiger partial charge in [-0.2, -0.15) is 0 Å². The number of ether oxygens (including phenoxy) is 2. The van der Waals surface area contributed by atoms with Crippen molar-refractivity contribution in [3.8, 4) is 0 Å². The standard InChI is InChI=1S/C18H22N2O5S/c1-11(21)19-18(24-4)15(23)20-13(17(2,3)26-16(18)20)14(22)25-10-12-8-6-5-7-9-12/h5-9,13,16H,10H2,1-4H3,(H,19,21)/t13-,16+,18-/m0/s1. The fourth-order valence-electron chi connectivity index (χ4n) is 3.43. The summed E-state index contributed by atoms with van der Waals surface area (Å²) in [6.45, 7) is 5.23. The lowest BCUT2D eigenvalue weighted by Crippen LogP contribution is -2.80. The molecule has 2 aliphatic rings. The number of rotatable bonds is 5. The van der Waals surface area contributed by atoms with Gasteiger partial charge in [0.1, 0.15) is 18.0 Å². The molecule has 1 aromatic carbocycles. The summed E-state index contributed by atoms with van der Waals surface area (Å²) in [5.74, 6) is -1.26. The van der Waals surface area contributed by atoms with E-state index in [-0.39, 0.29) is 12.5 Å². The first-order valence-corrected chi connectivity index (χ1v) is 9.16. The van der Waals surface area contributed by atoms with Crippen molar-refractivity contribution in [3.63, 3.8) is 0 Å². The van der Waals surface area contributed by atoms with Gasteiger partial charge in [-0.1, -0.05) is 30.3 Å². The topological polar surface area (TPSA) is 84.9 Å². The van der Waals surface area contributed by atoms with Gasteiger partial charge in [0.05, 0.1) is 0 Å². The van der Waals surface area contributed by atoms with E-state index in [0.29, 0.717) is 0 Å². The van der Waals surface area contributed by atoms with E-state index in [1.54, 1.807) is 0 Å². The predicted octanol–water partition coefficient (Wildman–Crippen LogP) is 1.27. The molecule has 7 nitrogen and oxygen atoms in total. The molecule has 0 aromatic heterocycles. The number of amides is 2. The van der Waals surface area contributed by atoms with Crippen LogP contribution in [-0.2, 0) is 30.5 Å². The highest BCUT2D eigenvalue weighted by Crippen LogP contribution is 2.55. The summed E-state index contributed by atoms with van der Waals surface area (Å²) in [6.07, 6.45) is 0. The van der Waals surface area contributed by atoms with Crippen LogP contribution in [0.4, 0.5) is 0 Å². The summed E-state index contributed by atoms with van der Waals surface area (Å²) in [5.41, 5.74) is -0.553. The molecule has 2 fully saturated rings. The number of hydrogen-bond donors (Lipinski definition) is 1. The maximum atomic E-state index is 12.8. The van der Waals surface area contributed by atoms with E-state index in [1.165, 1.54) is 30.7 Å². The van der Waals surface area contributed by atoms with Crippen LogP contribution in [0, 0.1) is 0 Å². The van der Waals surface area contributed by atoms with E-state index < -0.39 is 33.8 Å². The summed E-state index contributed by atoms with van der Waals surface area (Å²) in [7, 11) is 1.37. The molecule has 0 radical (unpaired) electrons. The Bertz CT molecular complexity index is 738. The molecule has 26 heavy (non-hydrogen) atoms. The maximum Gasteiger partial charge on any atom is 0.330 e. The van der Waals surface area contributed by atoms with E-state index in [4.69, 9.17) is 9.47 Å². The van der Waals surface area contributed by atoms with Crippen molar-refractivity contribution in [2.45, 2.75) is 49.3 Å². The number of fused-ring (bicyclic) bond motifs is 1. The Morgan fingerprint density at radius 2 is 1.92 bits per heavy atom. The molecule has 1 N–H and O–H groups in total. The first kappa shape index (κ1) is 18.7. The number of thioether (sulfide) groups is 1. The Morgan fingerprint density at radius 3 is 2.50 bits per heavy atom. The average molecular weight is 378 g/mol. The molecule has 0 saturated carbocycles. The second-order valence-corrected chi connectivity index (χ2v) is 8.64. The number of methoxy groups -OCH3 is 1. The van der Waals surface area contributed by atoms with Gasteiger partial charge in [0.2, 0.25) is 5.91 Å². The van der Waals surface area contributed by atoms with Gasteiger partial charge in [0.15, 0.2) is 0 Å². The zero-order valence-electron chi connectivity index (χ0n) is 15.1. The molecule has 3 atom stereocenters. The van der Waals surface area contributed by atoms with Crippen molar-refractivity contribution >= 4 is 29.5 Å². The quantitative estimate of drug-likeness (QED) is 0.472. The van der Waals surface area contributed by atoms with Crippen LogP contribution in [0.2, 0.25) is 0 Å². The molecule has 0 spiro atoms. The fraction of sp³-hybridized carbons (Fsp3) is 0.500. The Kier molecular flexibility index (Phi) is 4.74. The van der Waals surface area contributed by atoms with Gasteiger partial charge in [-0.25, -0.2) is 4.79 Å². The molecule has 8 heteroatoms. The number of nitrogens with one attached hydrogen (secondary N) is 1. The largest absolute Gasteiger partial charge is 0.459 e. The monoisotopic (exact) mass is 378 g/mol. The fourth-order valence-corrected chi connectivity index (χ4v) is 5.10. The van der Waals surface area contributed by atoms with Crippen LogP contribution in [0.1, 0.15) is 26.3 Å². The Labute approximate surface area is 156 Å². The number of esters is 1. The molecule has 0 bridgehead atoms. The Morgan fingerprint density at radius 1 is 1.27 bits per heavy atom. The molecule has 3 rings (SSSR count). The van der Waals surface area contributed by atoms with E-state index in [9.17, 15) is 14.4 Å². The molecule has 2 amide bonds. The number of β-lactam (4-membered cyclic amide) rings is 1. The second kappa shape index (κ2) is 6.59. The minimum Gasteiger partial charge on any atom is -0.459 e. The van der Waals surface area contributed by atoms with Crippen molar-refractivity contribution in [3.05, 3.63) is 35.9 Å². The molecule has 0 unspecified atom stereocenters. The molecule has 2 heterocycles. The molecule has 140 valence electrons. The minimum absolute atomic E-state index is 0.144. The molecule has 1 aromatic rings. The smallest absolute Gasteiger partial charge is 0.330 e. The van der Waals surface area contributed by atoms with E-state index in [1.807, 2.05) is 44.2 Å². The van der Waals surface area contributed by atoms with E-state index >= 15 is 0 Å². The lowest BCUT2D eigenvalue weighted by molar-refractivity contribution is -0.202. The minimum atomic E-state index is -1.43. The zero-order chi connectivity index (χ0) is 19.1. The number of hydrogen-bond acceptors (Lipinski definition) is 6. The lowest BCUT2D eigenvalue weighted by atomic mass is 9.93. The van der Waals surface area contributed by atoms with Crippen LogP contribution in [0.3, 0.4) is 0 Å². The number of benzene rings is 1. The summed E-state index contributed by atoms with van der Waals surface area (Å²) in [6, 6.07) is 8.61. The summed E-state index contributed by atoms with van der Waals surface area (Å²) in [5, 5.41) is 2.11. The molecule has 0 aliphatic carbocycles. The first-order valence-electron chi connectivity index (χ1n) is 8.28. The summed E-state index contributed by atoms with van der Waals surface area (Å²) >= 11 is 1.42. The van der Waals surface area contributed by atoms with Gasteiger partial charge in [-0.15, -0.1) is 11.8 Å². The summed E-state index contributed by atoms with van der Waals surface area (Å²) in [4.78, 5) is 38.5. The van der Waals surface area contributed by atoms with Gasteiger partial charge < -0.3 is 19.7 Å². The van der Waals surface area contributed by atoms with E-state index in [0.717, 1.165) is 5.56 Å². The third-order valence-electron chi connectivity index (χ3n) is 4.64. The van der Waals surface area contributed by atoms with Crippen LogP contribution < -0.4 is 5.32 Å². The highest BCUT2D eigenvalue weighted by atomic mass is 32.2. The predicted molar refractivity (Wildman–Crippen MR) is 95.9 cm³/mol. The van der Waals surface area contributed by atoms with Gasteiger partial charge in [0.25, 0.3) is 11.6 Å². The van der Waals surface area contributed by atoms with Crippen molar-refractivity contribution < 1.29 is 23.9 Å². The van der Waals surface area contributed by atoms with Crippen molar-refractivity contribution in [2.75, 3.05) is 7.11 Å². The SMILES string of the molecule is CO[C@@]1(NC(C)=O)C(=O)N2[C@@H](C(=O)OCc3ccccc3)C(C)(C)S[C@@H]21. The van der Waals surface area contributed by atoms with Gasteiger partial charge in [0, 0.05) is 18.8 Å². The third-order valence-corrected chi connectivity index (χ3v) is 6.25. The van der Waals surface area contributed by atoms with Crippen molar-refractivity contribution in [2.24, 2.45) is 0 Å². The number of nitrogens with zero attached hydrogens (tertiary/aromatic N) is 1. The van der Waals surface area contributed by atoms with Crippen LogP contribution in [0.5, 0.6) is 0 Å². The van der Waals surface area contributed by atoms with Gasteiger partial charge >= 0.3 is 5.97 Å². The van der Waals surface area contributed by atoms with Crippen molar-refractivity contribution in [1.82, 2.24) is 10.2 Å². The second-order valence-electron chi connectivity index (χ2n) is 6.90. The third kappa shape index (κ3) is 2.87. The molecule has 2 aliphatic heterocycles. The highest BCUT2D eigenvalue weighted by molar-refractivity contribution is 8.01. The maximum absolute atomic E-state index is 12.8. The van der Waals surface area contributed by atoms with E-state index in [2.05, 4.69) is 5.32 Å².